The van der Waals surface area contributed by atoms with Crippen LogP contribution >= 0.6 is 0 Å². The number of carbonyl (C=O) groups excluding carboxylic acids is 2. The van der Waals surface area contributed by atoms with E-state index in [0.717, 1.165) is 21.0 Å². The first kappa shape index (κ1) is 35.0. The maximum atomic E-state index is 14.7. The summed E-state index contributed by atoms with van der Waals surface area (Å²) >= 11 is 0. The van der Waals surface area contributed by atoms with Gasteiger partial charge in [-0.25, -0.2) is 8.42 Å². The SMILES string of the molecule is COc1ccc(S(=O)(=O)N(CC(=O)N(Cc2ccc(C)cc2)C(Cc2ccccc2)C(=O)NC(C)(C)C)c2ccccc2OC)cc1. The molecule has 0 bridgehead atoms. The maximum absolute atomic E-state index is 14.7. The Kier molecular flexibility index (Phi) is 11.3. The second-order valence-electron chi connectivity index (χ2n) is 12.3. The molecule has 4 aromatic rings. The van der Waals surface area contributed by atoms with Crippen molar-refractivity contribution in [1.29, 1.82) is 0 Å². The van der Waals surface area contributed by atoms with Gasteiger partial charge in [0.15, 0.2) is 0 Å². The van der Waals surface area contributed by atoms with Gasteiger partial charge in [0.25, 0.3) is 10.0 Å². The maximum Gasteiger partial charge on any atom is 0.264 e. The summed E-state index contributed by atoms with van der Waals surface area (Å²) in [6, 6.07) is 28.8. The number of nitrogens with one attached hydrogen (secondary N) is 1. The Morgan fingerprint density at radius 2 is 1.40 bits per heavy atom. The lowest BCUT2D eigenvalue weighted by Crippen LogP contribution is -2.56. The Morgan fingerprint density at radius 1 is 0.787 bits per heavy atom. The van der Waals surface area contributed by atoms with Crippen LogP contribution in [0.2, 0.25) is 0 Å². The number of rotatable bonds is 13. The quantitative estimate of drug-likeness (QED) is 0.196. The minimum Gasteiger partial charge on any atom is -0.497 e. The van der Waals surface area contributed by atoms with Gasteiger partial charge < -0.3 is 19.7 Å². The Morgan fingerprint density at radius 3 is 2.00 bits per heavy atom. The van der Waals surface area contributed by atoms with Crippen molar-refractivity contribution in [2.75, 3.05) is 25.1 Å². The van der Waals surface area contributed by atoms with Crippen LogP contribution in [0.5, 0.6) is 11.5 Å². The van der Waals surface area contributed by atoms with Gasteiger partial charge in [-0.1, -0.05) is 72.3 Å². The molecular weight excluding hydrogens is 614 g/mol. The van der Waals surface area contributed by atoms with Crippen molar-refractivity contribution < 1.29 is 27.5 Å². The largest absolute Gasteiger partial charge is 0.497 e. The van der Waals surface area contributed by atoms with E-state index in [0.29, 0.717) is 5.75 Å². The highest BCUT2D eigenvalue weighted by molar-refractivity contribution is 7.92. The molecule has 1 N–H and O–H groups in total. The number of methoxy groups -OCH3 is 2. The molecule has 4 rings (SSSR count). The van der Waals surface area contributed by atoms with Crippen LogP contribution < -0.4 is 19.1 Å². The van der Waals surface area contributed by atoms with Gasteiger partial charge in [-0.05, 0) is 75.2 Å². The third-order valence-electron chi connectivity index (χ3n) is 7.52. The third-order valence-corrected chi connectivity index (χ3v) is 9.30. The second-order valence-corrected chi connectivity index (χ2v) is 14.2. The van der Waals surface area contributed by atoms with Gasteiger partial charge in [0.1, 0.15) is 24.1 Å². The lowest BCUT2D eigenvalue weighted by atomic mass is 10.0. The van der Waals surface area contributed by atoms with E-state index in [9.17, 15) is 18.0 Å². The van der Waals surface area contributed by atoms with Crippen LogP contribution in [-0.4, -0.2) is 57.5 Å². The first-order valence-electron chi connectivity index (χ1n) is 15.3. The van der Waals surface area contributed by atoms with Crippen LogP contribution in [-0.2, 0) is 32.6 Å². The summed E-state index contributed by atoms with van der Waals surface area (Å²) in [5, 5.41) is 3.04. The molecule has 0 radical (unpaired) electrons. The van der Waals surface area contributed by atoms with Gasteiger partial charge in [0.05, 0.1) is 24.8 Å². The number of nitrogens with zero attached hydrogens (tertiary/aromatic N) is 2. The molecule has 2 amide bonds. The highest BCUT2D eigenvalue weighted by atomic mass is 32.2. The number of ether oxygens (including phenoxy) is 2. The molecule has 0 saturated heterocycles. The van der Waals surface area contributed by atoms with E-state index in [1.807, 2.05) is 82.3 Å². The molecule has 0 aliphatic rings. The van der Waals surface area contributed by atoms with Crippen molar-refractivity contribution in [2.24, 2.45) is 0 Å². The molecule has 0 heterocycles. The topological polar surface area (TPSA) is 105 Å². The predicted octanol–water partition coefficient (Wildman–Crippen LogP) is 5.76. The first-order chi connectivity index (χ1) is 22.3. The van der Waals surface area contributed by atoms with Crippen LogP contribution in [0.3, 0.4) is 0 Å². The number of hydrogen-bond donors (Lipinski definition) is 1. The highest BCUT2D eigenvalue weighted by Gasteiger charge is 2.36. The van der Waals surface area contributed by atoms with Gasteiger partial charge in [-0.15, -0.1) is 0 Å². The summed E-state index contributed by atoms with van der Waals surface area (Å²) in [4.78, 5) is 30.1. The van der Waals surface area contributed by atoms with Gasteiger partial charge in [0, 0.05) is 18.5 Å². The van der Waals surface area contributed by atoms with E-state index >= 15 is 0 Å². The van der Waals surface area contributed by atoms with E-state index in [-0.39, 0.29) is 35.2 Å². The molecule has 0 fully saturated rings. The van der Waals surface area contributed by atoms with E-state index in [2.05, 4.69) is 5.32 Å². The molecule has 248 valence electrons. The van der Waals surface area contributed by atoms with E-state index in [4.69, 9.17) is 9.47 Å². The Bertz CT molecular complexity index is 1750. The fourth-order valence-electron chi connectivity index (χ4n) is 5.12. The number of carbonyl (C=O) groups is 2. The van der Waals surface area contributed by atoms with E-state index < -0.39 is 34.1 Å². The van der Waals surface area contributed by atoms with Gasteiger partial charge in [-0.3, -0.25) is 13.9 Å². The van der Waals surface area contributed by atoms with Crippen LogP contribution in [0.4, 0.5) is 5.69 Å². The number of amides is 2. The Hall–Kier alpha value is -4.83. The zero-order valence-electron chi connectivity index (χ0n) is 27.8. The monoisotopic (exact) mass is 657 g/mol. The number of anilines is 1. The van der Waals surface area contributed by atoms with Gasteiger partial charge in [0.2, 0.25) is 11.8 Å². The molecule has 0 aliphatic carbocycles. The molecule has 47 heavy (non-hydrogen) atoms. The average Bonchev–Trinajstić information content (AvgIpc) is 3.05. The third kappa shape index (κ3) is 9.13. The molecule has 0 spiro atoms. The zero-order valence-corrected chi connectivity index (χ0v) is 28.6. The summed E-state index contributed by atoms with van der Waals surface area (Å²) in [7, 11) is -1.37. The molecule has 9 nitrogen and oxygen atoms in total. The number of sulfonamides is 1. The average molecular weight is 658 g/mol. The molecule has 0 aromatic heterocycles. The summed E-state index contributed by atoms with van der Waals surface area (Å²) in [6.45, 7) is 7.09. The second kappa shape index (κ2) is 15.2. The van der Waals surface area contributed by atoms with Crippen molar-refractivity contribution in [1.82, 2.24) is 10.2 Å². The lowest BCUT2D eigenvalue weighted by molar-refractivity contribution is -0.140. The molecule has 1 atom stereocenters. The molecule has 10 heteroatoms. The molecular formula is C37H43N3O6S. The van der Waals surface area contributed by atoms with Crippen molar-refractivity contribution in [3.05, 3.63) is 120 Å². The molecule has 4 aromatic carbocycles. The number of aryl methyl sites for hydroxylation is 1. The Balaban J connectivity index is 1.84. The zero-order chi connectivity index (χ0) is 34.2. The minimum absolute atomic E-state index is 0.0339. The number of benzene rings is 4. The van der Waals surface area contributed by atoms with Crippen LogP contribution in [0.15, 0.2) is 108 Å². The highest BCUT2D eigenvalue weighted by Crippen LogP contribution is 2.33. The Labute approximate surface area is 278 Å². The number of hydrogen-bond acceptors (Lipinski definition) is 6. The van der Waals surface area contributed by atoms with Crippen LogP contribution in [0.1, 0.15) is 37.5 Å². The molecule has 0 saturated carbocycles. The van der Waals surface area contributed by atoms with Crippen LogP contribution in [0.25, 0.3) is 0 Å². The first-order valence-corrected chi connectivity index (χ1v) is 16.8. The van der Waals surface area contributed by atoms with Crippen molar-refractivity contribution in [3.8, 4) is 11.5 Å². The molecule has 1 unspecified atom stereocenters. The fraction of sp³-hybridized carbons (Fsp3) is 0.297. The summed E-state index contributed by atoms with van der Waals surface area (Å²) in [5.41, 5.74) is 2.31. The van der Waals surface area contributed by atoms with Gasteiger partial charge >= 0.3 is 0 Å². The normalized spacial score (nSPS) is 12.1. The smallest absolute Gasteiger partial charge is 0.264 e. The molecule has 0 aliphatic heterocycles. The minimum atomic E-state index is -4.30. The van der Waals surface area contributed by atoms with Crippen LogP contribution in [0, 0.1) is 6.92 Å². The predicted molar refractivity (Wildman–Crippen MR) is 184 cm³/mol. The van der Waals surface area contributed by atoms with E-state index in [1.165, 1.54) is 31.3 Å². The number of para-hydroxylation sites is 2. The van der Waals surface area contributed by atoms with Gasteiger partial charge in [-0.2, -0.15) is 0 Å². The lowest BCUT2D eigenvalue weighted by Gasteiger charge is -2.35. The summed E-state index contributed by atoms with van der Waals surface area (Å²) in [6.07, 6.45) is 0.222. The van der Waals surface area contributed by atoms with E-state index in [1.54, 1.807) is 36.4 Å². The summed E-state index contributed by atoms with van der Waals surface area (Å²) < 4.78 is 40.4. The summed E-state index contributed by atoms with van der Waals surface area (Å²) in [5.74, 6) is -0.141. The van der Waals surface area contributed by atoms with Crippen molar-refractivity contribution in [3.63, 3.8) is 0 Å². The fourth-order valence-corrected chi connectivity index (χ4v) is 6.55. The van der Waals surface area contributed by atoms with Crippen molar-refractivity contribution in [2.45, 2.75) is 57.1 Å². The standard InChI is InChI=1S/C37H43N3O6S/c1-27-16-18-29(19-17-27)25-39(33(36(42)38-37(2,3)4)24-28-12-8-7-9-13-28)35(41)26-40(32-14-10-11-15-34(32)46-6)47(43,44)31-22-20-30(45-5)21-23-31/h7-23,33H,24-26H2,1-6H3,(H,38,42). The van der Waals surface area contributed by atoms with Crippen molar-refractivity contribution >= 4 is 27.5 Å².